The molecule has 2 aromatic heterocycles. The van der Waals surface area contributed by atoms with Gasteiger partial charge in [0.2, 0.25) is 5.95 Å². The zero-order chi connectivity index (χ0) is 14.7. The molecule has 7 heteroatoms. The number of rotatable bonds is 2. The lowest BCUT2D eigenvalue weighted by atomic mass is 10.3. The number of pyridine rings is 1. The molecule has 3 rings (SSSR count). The van der Waals surface area contributed by atoms with Crippen LogP contribution in [0.15, 0.2) is 35.1 Å². The average Bonchev–Trinajstić information content (AvgIpc) is 2.56. The second kappa shape index (κ2) is 6.06. The molecular formula is C14H13BrN6. The number of aromatic nitrogens is 3. The summed E-state index contributed by atoms with van der Waals surface area (Å²) in [4.78, 5) is 17.2. The lowest BCUT2D eigenvalue weighted by Gasteiger charge is -2.35. The fourth-order valence-electron chi connectivity index (χ4n) is 2.29. The van der Waals surface area contributed by atoms with Gasteiger partial charge in [0.05, 0.1) is 4.47 Å². The SMILES string of the molecule is N#Cc1ccnc(N2CCN(c3ncccc3Br)CC2)n1. The van der Waals surface area contributed by atoms with Crippen LogP contribution in [0.5, 0.6) is 0 Å². The first-order valence-corrected chi connectivity index (χ1v) is 7.41. The molecular weight excluding hydrogens is 332 g/mol. The minimum atomic E-state index is 0.398. The molecule has 0 radical (unpaired) electrons. The van der Waals surface area contributed by atoms with Crippen LogP contribution in [0.3, 0.4) is 0 Å². The maximum Gasteiger partial charge on any atom is 0.226 e. The first kappa shape index (κ1) is 13.8. The normalized spacial score (nSPS) is 14.9. The molecule has 0 spiro atoms. The maximum atomic E-state index is 8.90. The molecule has 1 saturated heterocycles. The second-order valence-corrected chi connectivity index (χ2v) is 5.49. The number of halogens is 1. The van der Waals surface area contributed by atoms with Gasteiger partial charge in [-0.1, -0.05) is 0 Å². The van der Waals surface area contributed by atoms with Gasteiger partial charge >= 0.3 is 0 Å². The van der Waals surface area contributed by atoms with Crippen molar-refractivity contribution in [3.05, 3.63) is 40.8 Å². The zero-order valence-corrected chi connectivity index (χ0v) is 12.9. The molecule has 0 amide bonds. The quantitative estimate of drug-likeness (QED) is 0.827. The lowest BCUT2D eigenvalue weighted by molar-refractivity contribution is 0.633. The molecule has 0 atom stereocenters. The van der Waals surface area contributed by atoms with E-state index in [0.29, 0.717) is 11.6 Å². The summed E-state index contributed by atoms with van der Waals surface area (Å²) in [6.07, 6.45) is 3.43. The van der Waals surface area contributed by atoms with E-state index in [1.165, 1.54) is 0 Å². The Morgan fingerprint density at radius 1 is 1.05 bits per heavy atom. The number of anilines is 2. The van der Waals surface area contributed by atoms with Gasteiger partial charge in [0.15, 0.2) is 0 Å². The van der Waals surface area contributed by atoms with E-state index < -0.39 is 0 Å². The molecule has 6 nitrogen and oxygen atoms in total. The molecule has 106 valence electrons. The lowest BCUT2D eigenvalue weighted by Crippen LogP contribution is -2.47. The van der Waals surface area contributed by atoms with E-state index in [4.69, 9.17) is 5.26 Å². The van der Waals surface area contributed by atoms with Gasteiger partial charge in [0.25, 0.3) is 0 Å². The van der Waals surface area contributed by atoms with E-state index in [1.807, 2.05) is 18.2 Å². The van der Waals surface area contributed by atoms with Gasteiger partial charge in [-0.2, -0.15) is 5.26 Å². The van der Waals surface area contributed by atoms with Gasteiger partial charge < -0.3 is 9.80 Å². The summed E-state index contributed by atoms with van der Waals surface area (Å²) in [5, 5.41) is 8.90. The van der Waals surface area contributed by atoms with Gasteiger partial charge in [-0.15, -0.1) is 0 Å². The highest BCUT2D eigenvalue weighted by molar-refractivity contribution is 9.10. The van der Waals surface area contributed by atoms with E-state index in [2.05, 4.69) is 40.7 Å². The Morgan fingerprint density at radius 3 is 2.52 bits per heavy atom. The highest BCUT2D eigenvalue weighted by Crippen LogP contribution is 2.24. The van der Waals surface area contributed by atoms with E-state index in [0.717, 1.165) is 36.5 Å². The molecule has 0 N–H and O–H groups in total. The van der Waals surface area contributed by atoms with E-state index in [-0.39, 0.29) is 0 Å². The third-order valence-corrected chi connectivity index (χ3v) is 3.98. The minimum absolute atomic E-state index is 0.398. The molecule has 1 aliphatic rings. The zero-order valence-electron chi connectivity index (χ0n) is 11.3. The minimum Gasteiger partial charge on any atom is -0.352 e. The Hall–Kier alpha value is -2.20. The topological polar surface area (TPSA) is 68.9 Å². The molecule has 1 fully saturated rings. The Morgan fingerprint density at radius 2 is 1.81 bits per heavy atom. The maximum absolute atomic E-state index is 8.90. The van der Waals surface area contributed by atoms with Crippen LogP contribution in [0, 0.1) is 11.3 Å². The number of hydrogen-bond acceptors (Lipinski definition) is 6. The molecule has 0 saturated carbocycles. The molecule has 2 aromatic rings. The monoisotopic (exact) mass is 344 g/mol. The van der Waals surface area contributed by atoms with Crippen LogP contribution in [-0.4, -0.2) is 41.1 Å². The number of nitrogens with zero attached hydrogens (tertiary/aromatic N) is 6. The van der Waals surface area contributed by atoms with Gasteiger partial charge in [0, 0.05) is 38.6 Å². The molecule has 3 heterocycles. The highest BCUT2D eigenvalue weighted by atomic mass is 79.9. The van der Waals surface area contributed by atoms with Crippen molar-refractivity contribution in [2.24, 2.45) is 0 Å². The van der Waals surface area contributed by atoms with Gasteiger partial charge in [-0.05, 0) is 34.1 Å². The van der Waals surface area contributed by atoms with E-state index in [1.54, 1.807) is 18.5 Å². The highest BCUT2D eigenvalue weighted by Gasteiger charge is 2.21. The summed E-state index contributed by atoms with van der Waals surface area (Å²) < 4.78 is 1.00. The Labute approximate surface area is 131 Å². The summed E-state index contributed by atoms with van der Waals surface area (Å²) in [5.74, 6) is 1.58. The molecule has 21 heavy (non-hydrogen) atoms. The largest absolute Gasteiger partial charge is 0.352 e. The predicted octanol–water partition coefficient (Wildman–Crippen LogP) is 1.83. The van der Waals surface area contributed by atoms with Crippen LogP contribution in [-0.2, 0) is 0 Å². The van der Waals surface area contributed by atoms with Crippen molar-refractivity contribution in [2.45, 2.75) is 0 Å². The van der Waals surface area contributed by atoms with Gasteiger partial charge in [0.1, 0.15) is 17.6 Å². The third-order valence-electron chi connectivity index (χ3n) is 3.36. The molecule has 0 bridgehead atoms. The van der Waals surface area contributed by atoms with Crippen molar-refractivity contribution in [1.82, 2.24) is 15.0 Å². The third kappa shape index (κ3) is 2.95. The smallest absolute Gasteiger partial charge is 0.226 e. The molecule has 0 aliphatic carbocycles. The summed E-state index contributed by atoms with van der Waals surface area (Å²) >= 11 is 3.53. The van der Waals surface area contributed by atoms with Crippen LogP contribution in [0.25, 0.3) is 0 Å². The fraction of sp³-hybridized carbons (Fsp3) is 0.286. The summed E-state index contributed by atoms with van der Waals surface area (Å²) in [7, 11) is 0. The Kier molecular flexibility index (Phi) is 3.97. The summed E-state index contributed by atoms with van der Waals surface area (Å²) in [5.41, 5.74) is 0.398. The second-order valence-electron chi connectivity index (χ2n) is 4.64. The Bertz CT molecular complexity index is 675. The number of piperazine rings is 1. The van der Waals surface area contributed by atoms with Crippen molar-refractivity contribution in [3.8, 4) is 6.07 Å². The van der Waals surface area contributed by atoms with Crippen molar-refractivity contribution in [2.75, 3.05) is 36.0 Å². The summed E-state index contributed by atoms with van der Waals surface area (Å²) in [6, 6.07) is 7.56. The predicted molar refractivity (Wildman–Crippen MR) is 83.1 cm³/mol. The van der Waals surface area contributed by atoms with Crippen LogP contribution in [0.4, 0.5) is 11.8 Å². The average molecular weight is 345 g/mol. The van der Waals surface area contributed by atoms with Crippen LogP contribution < -0.4 is 9.80 Å². The standard InChI is InChI=1S/C14H13BrN6/c15-12-2-1-4-17-13(12)20-6-8-21(9-7-20)14-18-5-3-11(10-16)19-14/h1-5H,6-9H2. The van der Waals surface area contributed by atoms with Crippen molar-refractivity contribution >= 4 is 27.7 Å². The Balaban J connectivity index is 1.71. The van der Waals surface area contributed by atoms with E-state index >= 15 is 0 Å². The van der Waals surface area contributed by atoms with Crippen LogP contribution >= 0.6 is 15.9 Å². The first-order chi connectivity index (χ1) is 10.3. The van der Waals surface area contributed by atoms with Crippen LogP contribution in [0.2, 0.25) is 0 Å². The van der Waals surface area contributed by atoms with Crippen molar-refractivity contribution < 1.29 is 0 Å². The van der Waals surface area contributed by atoms with Gasteiger partial charge in [-0.3, -0.25) is 0 Å². The van der Waals surface area contributed by atoms with Gasteiger partial charge in [-0.25, -0.2) is 15.0 Å². The number of nitriles is 1. The van der Waals surface area contributed by atoms with Crippen LogP contribution in [0.1, 0.15) is 5.69 Å². The number of hydrogen-bond donors (Lipinski definition) is 0. The first-order valence-electron chi connectivity index (χ1n) is 6.61. The fourth-order valence-corrected chi connectivity index (χ4v) is 2.80. The van der Waals surface area contributed by atoms with E-state index in [9.17, 15) is 0 Å². The molecule has 1 aliphatic heterocycles. The van der Waals surface area contributed by atoms with Crippen molar-refractivity contribution in [1.29, 1.82) is 5.26 Å². The summed E-state index contributed by atoms with van der Waals surface area (Å²) in [6.45, 7) is 3.29. The molecule has 0 aromatic carbocycles. The van der Waals surface area contributed by atoms with Crippen molar-refractivity contribution in [3.63, 3.8) is 0 Å². The molecule has 0 unspecified atom stereocenters.